The zero-order valence-corrected chi connectivity index (χ0v) is 14.1. The Balaban J connectivity index is 2.00. The summed E-state index contributed by atoms with van der Waals surface area (Å²) in [7, 11) is 0. The molecule has 28 heavy (non-hydrogen) atoms. The Morgan fingerprint density at radius 3 is 3.00 bits per heavy atom. The lowest BCUT2D eigenvalue weighted by Gasteiger charge is -2.14. The highest BCUT2D eigenvalue weighted by molar-refractivity contribution is 5.81. The molecule has 3 unspecified atom stereocenters. The summed E-state index contributed by atoms with van der Waals surface area (Å²) in [4.78, 5) is 25.1. The molecular weight excluding hydrogens is 389 g/mol. The summed E-state index contributed by atoms with van der Waals surface area (Å²) >= 11 is 0. The molecule has 2 rings (SSSR count). The van der Waals surface area contributed by atoms with Crippen molar-refractivity contribution in [1.29, 1.82) is 0 Å². The number of aliphatic hydroxyl groups is 1. The number of aromatic amines is 1. The summed E-state index contributed by atoms with van der Waals surface area (Å²) in [5, 5.41) is 16.6. The number of carbonyl (C=O) groups is 1. The van der Waals surface area contributed by atoms with Crippen molar-refractivity contribution in [2.75, 3.05) is 19.9 Å². The Hall–Kier alpha value is -2.98. The minimum absolute atomic E-state index is 0.0520. The monoisotopic (exact) mass is 404 g/mol. The normalized spacial score (nSPS) is 21.5. The molecule has 1 fully saturated rings. The van der Waals surface area contributed by atoms with Gasteiger partial charge in [0, 0.05) is 17.5 Å². The van der Waals surface area contributed by atoms with Crippen LogP contribution in [0.3, 0.4) is 0 Å². The van der Waals surface area contributed by atoms with Crippen molar-refractivity contribution < 1.29 is 32.5 Å². The molecule has 1 saturated heterocycles. The molecule has 0 aromatic carbocycles. The van der Waals surface area contributed by atoms with E-state index >= 15 is 0 Å². The van der Waals surface area contributed by atoms with Crippen molar-refractivity contribution in [3.05, 3.63) is 32.6 Å². The van der Waals surface area contributed by atoms with E-state index in [0.29, 0.717) is 0 Å². The number of H-pyrrole nitrogens is 1. The van der Waals surface area contributed by atoms with Crippen molar-refractivity contribution in [3.8, 4) is 11.8 Å². The van der Waals surface area contributed by atoms with E-state index < -0.39 is 42.6 Å². The first kappa shape index (κ1) is 21.3. The number of rotatable bonds is 6. The van der Waals surface area contributed by atoms with Gasteiger partial charge in [0.25, 0.3) is 5.56 Å². The molecule has 1 aromatic rings. The van der Waals surface area contributed by atoms with E-state index in [-0.39, 0.29) is 25.3 Å². The third-order valence-corrected chi connectivity index (χ3v) is 3.64. The van der Waals surface area contributed by atoms with E-state index in [1.807, 2.05) is 0 Å². The number of amides is 1. The quantitative estimate of drug-likeness (QED) is 0.266. The Labute approximate surface area is 155 Å². The number of aliphatic hydroxyl groups excluding tert-OH is 1. The summed E-state index contributed by atoms with van der Waals surface area (Å²) in [5.74, 6) is 2.47. The van der Waals surface area contributed by atoms with E-state index in [4.69, 9.17) is 15.0 Å². The third-order valence-electron chi connectivity index (χ3n) is 3.64. The van der Waals surface area contributed by atoms with Gasteiger partial charge >= 0.3 is 12.1 Å². The Bertz CT molecular complexity index is 863. The maximum absolute atomic E-state index is 12.0. The number of nitrogens with zero attached hydrogens (tertiary/aromatic N) is 4. The zero-order chi connectivity index (χ0) is 20.7. The molecule has 0 spiro atoms. The van der Waals surface area contributed by atoms with Gasteiger partial charge in [0.05, 0.1) is 19.3 Å². The standard InChI is InChI=1S/C14H15F3N6O5/c15-14(16,17)13(26)19-3-1-2-8-5-23(21-12(8)25)11-4-9(10(6-24)28-11)27-7-20-22-18/h5,9-11,24H,3-4,6-7H2,(H,19,26)(H,21,25). The lowest BCUT2D eigenvalue weighted by Crippen LogP contribution is -2.36. The highest BCUT2D eigenvalue weighted by atomic mass is 19.4. The first-order valence-electron chi connectivity index (χ1n) is 7.80. The molecular formula is C14H15F3N6O5. The van der Waals surface area contributed by atoms with Gasteiger partial charge in [-0.3, -0.25) is 19.4 Å². The number of carbonyl (C=O) groups excluding carboxylic acids is 1. The van der Waals surface area contributed by atoms with Crippen LogP contribution in [0, 0.1) is 11.8 Å². The van der Waals surface area contributed by atoms with Gasteiger partial charge in [-0.2, -0.15) is 13.2 Å². The van der Waals surface area contributed by atoms with Gasteiger partial charge in [-0.1, -0.05) is 17.0 Å². The minimum Gasteiger partial charge on any atom is -0.394 e. The van der Waals surface area contributed by atoms with Gasteiger partial charge in [0.1, 0.15) is 18.4 Å². The molecule has 0 saturated carbocycles. The molecule has 152 valence electrons. The maximum Gasteiger partial charge on any atom is 0.471 e. The Morgan fingerprint density at radius 1 is 1.61 bits per heavy atom. The van der Waals surface area contributed by atoms with Crippen molar-refractivity contribution in [2.24, 2.45) is 5.11 Å². The van der Waals surface area contributed by atoms with Crippen LogP contribution in [-0.4, -0.2) is 59.1 Å². The second-order valence-corrected chi connectivity index (χ2v) is 5.49. The molecule has 0 radical (unpaired) electrons. The average Bonchev–Trinajstić information content (AvgIpc) is 3.21. The highest BCUT2D eigenvalue weighted by Crippen LogP contribution is 2.30. The van der Waals surface area contributed by atoms with Crippen LogP contribution in [0.2, 0.25) is 0 Å². The fraction of sp³-hybridized carbons (Fsp3) is 0.571. The van der Waals surface area contributed by atoms with Crippen LogP contribution in [0.1, 0.15) is 18.2 Å². The van der Waals surface area contributed by atoms with Crippen molar-refractivity contribution in [1.82, 2.24) is 15.1 Å². The summed E-state index contributed by atoms with van der Waals surface area (Å²) in [6, 6.07) is 0. The third kappa shape index (κ3) is 5.51. The van der Waals surface area contributed by atoms with Gasteiger partial charge < -0.3 is 19.9 Å². The molecule has 1 aromatic heterocycles. The van der Waals surface area contributed by atoms with Crippen molar-refractivity contribution in [3.63, 3.8) is 0 Å². The van der Waals surface area contributed by atoms with Crippen LogP contribution in [-0.2, 0) is 14.3 Å². The fourth-order valence-electron chi connectivity index (χ4n) is 2.38. The molecule has 1 amide bonds. The van der Waals surface area contributed by atoms with Gasteiger partial charge in [0.2, 0.25) is 0 Å². The topological polar surface area (TPSA) is 154 Å². The summed E-state index contributed by atoms with van der Waals surface area (Å²) in [6.45, 7) is -1.21. The lowest BCUT2D eigenvalue weighted by molar-refractivity contribution is -0.173. The van der Waals surface area contributed by atoms with E-state index in [1.54, 1.807) is 5.32 Å². The minimum atomic E-state index is -5.01. The number of alkyl halides is 3. The smallest absolute Gasteiger partial charge is 0.394 e. The zero-order valence-electron chi connectivity index (χ0n) is 14.1. The molecule has 0 bridgehead atoms. The van der Waals surface area contributed by atoms with Crippen LogP contribution in [0.15, 0.2) is 16.1 Å². The van der Waals surface area contributed by atoms with Crippen LogP contribution >= 0.6 is 0 Å². The predicted molar refractivity (Wildman–Crippen MR) is 85.5 cm³/mol. The second kappa shape index (κ2) is 9.29. The molecule has 2 heterocycles. The number of ether oxygens (including phenoxy) is 2. The summed E-state index contributed by atoms with van der Waals surface area (Å²) in [5.41, 5.74) is 7.58. The molecule has 3 N–H and O–H groups in total. The maximum atomic E-state index is 12.0. The Morgan fingerprint density at radius 2 is 2.36 bits per heavy atom. The van der Waals surface area contributed by atoms with E-state index in [2.05, 4.69) is 27.0 Å². The number of aromatic nitrogens is 2. The van der Waals surface area contributed by atoms with Gasteiger partial charge in [-0.15, -0.1) is 0 Å². The van der Waals surface area contributed by atoms with Crippen molar-refractivity contribution in [2.45, 2.75) is 31.0 Å². The van der Waals surface area contributed by atoms with Gasteiger partial charge in [-0.05, 0) is 5.53 Å². The number of nitrogens with one attached hydrogen (secondary N) is 2. The predicted octanol–water partition coefficient (Wildman–Crippen LogP) is 0.139. The average molecular weight is 404 g/mol. The van der Waals surface area contributed by atoms with Crippen LogP contribution < -0.4 is 10.9 Å². The van der Waals surface area contributed by atoms with Gasteiger partial charge in [-0.25, -0.2) is 0 Å². The highest BCUT2D eigenvalue weighted by Gasteiger charge is 2.38. The molecule has 0 aliphatic carbocycles. The second-order valence-electron chi connectivity index (χ2n) is 5.49. The molecule has 3 atom stereocenters. The van der Waals surface area contributed by atoms with Crippen LogP contribution in [0.5, 0.6) is 0 Å². The van der Waals surface area contributed by atoms with Crippen LogP contribution in [0.25, 0.3) is 10.4 Å². The first-order valence-corrected chi connectivity index (χ1v) is 7.80. The summed E-state index contributed by atoms with van der Waals surface area (Å²) < 4.78 is 48.3. The number of hydrogen-bond donors (Lipinski definition) is 3. The summed E-state index contributed by atoms with van der Waals surface area (Å²) in [6.07, 6.45) is -5.50. The first-order chi connectivity index (χ1) is 13.3. The lowest BCUT2D eigenvalue weighted by atomic mass is 10.2. The molecule has 1 aliphatic rings. The molecule has 14 heteroatoms. The van der Waals surface area contributed by atoms with E-state index in [0.717, 1.165) is 0 Å². The van der Waals surface area contributed by atoms with E-state index in [9.17, 15) is 27.9 Å². The fourth-order valence-corrected chi connectivity index (χ4v) is 2.38. The van der Waals surface area contributed by atoms with Crippen molar-refractivity contribution >= 4 is 5.91 Å². The van der Waals surface area contributed by atoms with Crippen LogP contribution in [0.4, 0.5) is 13.2 Å². The largest absolute Gasteiger partial charge is 0.471 e. The molecule has 11 nitrogen and oxygen atoms in total. The van der Waals surface area contributed by atoms with E-state index in [1.165, 1.54) is 10.9 Å². The molecule has 1 aliphatic heterocycles. The Kier molecular flexibility index (Phi) is 7.07. The number of halogens is 3. The number of azide groups is 1. The SMILES string of the molecule is [N-]=[N+]=NCOC1CC(n2cc(C#CCNC(=O)C(F)(F)F)c(=O)[nH]2)OC1CO. The van der Waals surface area contributed by atoms with Gasteiger partial charge in [0.15, 0.2) is 6.23 Å². The number of hydrogen-bond acceptors (Lipinski definition) is 6.